The normalized spacial score (nSPS) is 10.5. The molecule has 3 aromatic rings. The fourth-order valence-electron chi connectivity index (χ4n) is 2.65. The summed E-state index contributed by atoms with van der Waals surface area (Å²) >= 11 is 12.4. The number of rotatable bonds is 7. The molecule has 3 rings (SSSR count). The first-order valence-corrected chi connectivity index (χ1v) is 9.19. The zero-order chi connectivity index (χ0) is 20.1. The van der Waals surface area contributed by atoms with Crippen molar-refractivity contribution in [1.82, 2.24) is 9.78 Å². The number of halogens is 2. The molecule has 0 aliphatic carbocycles. The van der Waals surface area contributed by atoms with Crippen LogP contribution in [0.1, 0.15) is 17.4 Å². The van der Waals surface area contributed by atoms with Gasteiger partial charge in [-0.15, -0.1) is 0 Å². The first-order valence-electron chi connectivity index (χ1n) is 8.44. The number of hydrogen-bond donors (Lipinski definition) is 0. The van der Waals surface area contributed by atoms with Gasteiger partial charge in [0, 0.05) is 10.6 Å². The topological polar surface area (TPSA) is 70.4 Å². The average Bonchev–Trinajstić information content (AvgIpc) is 3.07. The van der Waals surface area contributed by atoms with Gasteiger partial charge in [-0.25, -0.2) is 9.48 Å². The summed E-state index contributed by atoms with van der Waals surface area (Å²) in [5.74, 6) is -0.530. The van der Waals surface area contributed by atoms with Gasteiger partial charge in [0.2, 0.25) is 5.69 Å². The maximum Gasteiger partial charge on any atom is 0.362 e. The highest BCUT2D eigenvalue weighted by atomic mass is 35.5. The van der Waals surface area contributed by atoms with E-state index in [1.165, 1.54) is 4.68 Å². The molecule has 2 aromatic carbocycles. The Labute approximate surface area is 171 Å². The highest BCUT2D eigenvalue weighted by molar-refractivity contribution is 6.32. The molecule has 0 amide bonds. The molecule has 0 unspecified atom stereocenters. The van der Waals surface area contributed by atoms with Gasteiger partial charge in [-0.2, -0.15) is 5.10 Å². The Balaban J connectivity index is 2.30. The first kappa shape index (κ1) is 19.9. The van der Waals surface area contributed by atoms with Crippen LogP contribution in [0.3, 0.4) is 0 Å². The van der Waals surface area contributed by atoms with Crippen molar-refractivity contribution in [2.24, 2.45) is 0 Å². The maximum absolute atomic E-state index is 12.5. The van der Waals surface area contributed by atoms with Crippen LogP contribution in [-0.4, -0.2) is 35.2 Å². The molecule has 0 bridgehead atoms. The summed E-state index contributed by atoms with van der Waals surface area (Å²) < 4.78 is 12.2. The summed E-state index contributed by atoms with van der Waals surface area (Å²) in [5.41, 5.74) is 1.62. The van der Waals surface area contributed by atoms with Crippen molar-refractivity contribution in [3.8, 4) is 22.7 Å². The third-order valence-corrected chi connectivity index (χ3v) is 4.38. The Bertz CT molecular complexity index is 1000. The Morgan fingerprint density at radius 3 is 2.50 bits per heavy atom. The van der Waals surface area contributed by atoms with Gasteiger partial charge in [0.05, 0.1) is 17.3 Å². The van der Waals surface area contributed by atoms with Gasteiger partial charge in [0.15, 0.2) is 12.0 Å². The molecule has 0 aliphatic heterocycles. The van der Waals surface area contributed by atoms with Crippen LogP contribution in [0.2, 0.25) is 10.0 Å². The van der Waals surface area contributed by atoms with Crippen molar-refractivity contribution in [2.75, 3.05) is 13.2 Å². The lowest BCUT2D eigenvalue weighted by Gasteiger charge is -2.11. The number of hydrogen-bond acceptors (Lipinski definition) is 5. The lowest BCUT2D eigenvalue weighted by Crippen LogP contribution is -2.09. The predicted molar refractivity (Wildman–Crippen MR) is 107 cm³/mol. The SMILES string of the molecule is CCOC(=O)c1nn(-c2ccccc2Cl)c(-c2ccc(Cl)cc2)c1OCC=O. The summed E-state index contributed by atoms with van der Waals surface area (Å²) in [6, 6.07) is 14.0. The van der Waals surface area contributed by atoms with Crippen molar-refractivity contribution in [3.63, 3.8) is 0 Å². The Morgan fingerprint density at radius 1 is 1.14 bits per heavy atom. The quantitative estimate of drug-likeness (QED) is 0.414. The minimum Gasteiger partial charge on any atom is -0.481 e. The van der Waals surface area contributed by atoms with Gasteiger partial charge >= 0.3 is 5.97 Å². The fourth-order valence-corrected chi connectivity index (χ4v) is 2.99. The highest BCUT2D eigenvalue weighted by Gasteiger charge is 2.28. The monoisotopic (exact) mass is 418 g/mol. The average molecular weight is 419 g/mol. The minimum absolute atomic E-state index is 0.0476. The lowest BCUT2D eigenvalue weighted by molar-refractivity contribution is -0.109. The molecule has 1 heterocycles. The minimum atomic E-state index is -0.663. The molecule has 8 heteroatoms. The molecule has 0 N–H and O–H groups in total. The van der Waals surface area contributed by atoms with E-state index in [4.69, 9.17) is 32.7 Å². The molecule has 0 saturated heterocycles. The molecule has 0 atom stereocenters. The Kier molecular flexibility index (Phi) is 6.34. The molecule has 0 aliphatic rings. The van der Waals surface area contributed by atoms with Gasteiger partial charge < -0.3 is 9.47 Å². The number of para-hydroxylation sites is 1. The molecule has 6 nitrogen and oxygen atoms in total. The fraction of sp³-hybridized carbons (Fsp3) is 0.150. The molecule has 0 spiro atoms. The second kappa shape index (κ2) is 8.91. The van der Waals surface area contributed by atoms with Crippen LogP contribution in [0.15, 0.2) is 48.5 Å². The van der Waals surface area contributed by atoms with Crippen LogP contribution in [0, 0.1) is 0 Å². The number of esters is 1. The number of aldehydes is 1. The van der Waals surface area contributed by atoms with E-state index in [1.54, 1.807) is 55.5 Å². The smallest absolute Gasteiger partial charge is 0.362 e. The van der Waals surface area contributed by atoms with E-state index in [0.29, 0.717) is 33.3 Å². The van der Waals surface area contributed by atoms with Gasteiger partial charge in [0.1, 0.15) is 12.3 Å². The van der Waals surface area contributed by atoms with E-state index < -0.39 is 5.97 Å². The summed E-state index contributed by atoms with van der Waals surface area (Å²) in [5, 5.41) is 5.37. The summed E-state index contributed by atoms with van der Waals surface area (Å²) in [6.45, 7) is 1.61. The van der Waals surface area contributed by atoms with Crippen LogP contribution in [0.4, 0.5) is 0 Å². The highest BCUT2D eigenvalue weighted by Crippen LogP contribution is 2.37. The number of aromatic nitrogens is 2. The molecule has 144 valence electrons. The molecule has 1 aromatic heterocycles. The van der Waals surface area contributed by atoms with Crippen molar-refractivity contribution in [3.05, 3.63) is 64.3 Å². The standard InChI is InChI=1S/C20H16Cl2N2O4/c1-2-27-20(26)17-19(28-12-11-25)18(13-7-9-14(21)10-8-13)24(23-17)16-6-4-3-5-15(16)22/h3-11H,2,12H2,1H3. The van der Waals surface area contributed by atoms with Crippen LogP contribution in [0.5, 0.6) is 5.75 Å². The number of ether oxygens (including phenoxy) is 2. The Hall–Kier alpha value is -2.83. The van der Waals surface area contributed by atoms with Gasteiger partial charge in [0.25, 0.3) is 0 Å². The van der Waals surface area contributed by atoms with Crippen molar-refractivity contribution < 1.29 is 19.1 Å². The number of nitrogens with zero attached hydrogens (tertiary/aromatic N) is 2. The summed E-state index contributed by atoms with van der Waals surface area (Å²) in [4.78, 5) is 23.4. The van der Waals surface area contributed by atoms with E-state index in [2.05, 4.69) is 5.10 Å². The van der Waals surface area contributed by atoms with Gasteiger partial charge in [-0.3, -0.25) is 4.79 Å². The first-order chi connectivity index (χ1) is 13.6. The Morgan fingerprint density at radius 2 is 1.86 bits per heavy atom. The zero-order valence-corrected chi connectivity index (χ0v) is 16.4. The van der Waals surface area contributed by atoms with Crippen LogP contribution in [0.25, 0.3) is 16.9 Å². The third-order valence-electron chi connectivity index (χ3n) is 3.80. The number of carbonyl (C=O) groups excluding carboxylic acids is 2. The zero-order valence-electron chi connectivity index (χ0n) is 14.9. The second-order valence-electron chi connectivity index (χ2n) is 5.59. The molecule has 28 heavy (non-hydrogen) atoms. The summed E-state index contributed by atoms with van der Waals surface area (Å²) in [6.07, 6.45) is 0.591. The van der Waals surface area contributed by atoms with E-state index in [0.717, 1.165) is 0 Å². The van der Waals surface area contributed by atoms with Crippen molar-refractivity contribution in [2.45, 2.75) is 6.92 Å². The molecular weight excluding hydrogens is 403 g/mol. The largest absolute Gasteiger partial charge is 0.481 e. The summed E-state index contributed by atoms with van der Waals surface area (Å²) in [7, 11) is 0. The number of benzene rings is 2. The van der Waals surface area contributed by atoms with E-state index >= 15 is 0 Å². The second-order valence-corrected chi connectivity index (χ2v) is 6.44. The van der Waals surface area contributed by atoms with E-state index in [-0.39, 0.29) is 24.7 Å². The van der Waals surface area contributed by atoms with E-state index in [1.807, 2.05) is 0 Å². The predicted octanol–water partition coefficient (Wildman–Crippen LogP) is 4.60. The van der Waals surface area contributed by atoms with Crippen molar-refractivity contribution >= 4 is 35.5 Å². The molecule has 0 fully saturated rings. The van der Waals surface area contributed by atoms with Crippen LogP contribution >= 0.6 is 23.2 Å². The molecule has 0 radical (unpaired) electrons. The van der Waals surface area contributed by atoms with Crippen LogP contribution in [-0.2, 0) is 9.53 Å². The van der Waals surface area contributed by atoms with Gasteiger partial charge in [-0.05, 0) is 31.2 Å². The molecule has 0 saturated carbocycles. The van der Waals surface area contributed by atoms with Crippen molar-refractivity contribution in [1.29, 1.82) is 0 Å². The van der Waals surface area contributed by atoms with Crippen LogP contribution < -0.4 is 4.74 Å². The maximum atomic E-state index is 12.5. The van der Waals surface area contributed by atoms with E-state index in [9.17, 15) is 9.59 Å². The lowest BCUT2D eigenvalue weighted by atomic mass is 10.1. The third kappa shape index (κ3) is 4.03. The molecular formula is C20H16Cl2N2O4. The number of carbonyl (C=O) groups is 2. The van der Waals surface area contributed by atoms with Gasteiger partial charge in [-0.1, -0.05) is 47.5 Å².